The molecular formula is C20H19F2N3O4. The van der Waals surface area contributed by atoms with Crippen LogP contribution < -0.4 is 15.2 Å². The number of aromatic nitrogens is 1. The minimum atomic E-state index is -1.09. The van der Waals surface area contributed by atoms with Crippen molar-refractivity contribution in [3.05, 3.63) is 69.7 Å². The van der Waals surface area contributed by atoms with Crippen LogP contribution >= 0.6 is 0 Å². The highest BCUT2D eigenvalue weighted by atomic mass is 19.2. The van der Waals surface area contributed by atoms with Gasteiger partial charge in [0, 0.05) is 24.4 Å². The molecule has 0 spiro atoms. The summed E-state index contributed by atoms with van der Waals surface area (Å²) in [6.45, 7) is 2.28. The minimum Gasteiger partial charge on any atom is -0.502 e. The Hall–Kier alpha value is -3.36. The van der Waals surface area contributed by atoms with Gasteiger partial charge in [-0.3, -0.25) is 19.3 Å². The summed E-state index contributed by atoms with van der Waals surface area (Å²) >= 11 is 0. The Labute approximate surface area is 165 Å². The van der Waals surface area contributed by atoms with Crippen LogP contribution in [0.5, 0.6) is 11.5 Å². The number of aromatic hydroxyl groups is 1. The average Bonchev–Trinajstić information content (AvgIpc) is 2.70. The third-order valence-electron chi connectivity index (χ3n) is 5.17. The van der Waals surface area contributed by atoms with Gasteiger partial charge in [-0.15, -0.1) is 0 Å². The molecule has 1 aromatic carbocycles. The molecule has 7 nitrogen and oxygen atoms in total. The molecule has 1 aromatic heterocycles. The molecule has 2 aromatic rings. The highest BCUT2D eigenvalue weighted by Gasteiger charge is 2.35. The average molecular weight is 403 g/mol. The smallest absolute Gasteiger partial charge is 0.277 e. The molecule has 9 heteroatoms. The maximum atomic E-state index is 14.5. The van der Waals surface area contributed by atoms with Crippen molar-refractivity contribution < 1.29 is 23.4 Å². The van der Waals surface area contributed by atoms with E-state index < -0.39 is 34.8 Å². The van der Waals surface area contributed by atoms with Crippen LogP contribution in [0.3, 0.4) is 0 Å². The van der Waals surface area contributed by atoms with Gasteiger partial charge in [-0.1, -0.05) is 18.2 Å². The van der Waals surface area contributed by atoms with Crippen LogP contribution in [0.25, 0.3) is 0 Å². The fraction of sp³-hybridized carbons (Fsp3) is 0.300. The molecule has 0 radical (unpaired) electrons. The number of ether oxygens (including phenoxy) is 1. The summed E-state index contributed by atoms with van der Waals surface area (Å²) in [5.41, 5.74) is -0.463. The van der Waals surface area contributed by atoms with Gasteiger partial charge in [0.05, 0.1) is 6.04 Å². The third kappa shape index (κ3) is 3.12. The number of hydrogen-bond donors (Lipinski definition) is 1. The second-order valence-corrected chi connectivity index (χ2v) is 6.90. The molecule has 152 valence electrons. The molecule has 0 fully saturated rings. The van der Waals surface area contributed by atoms with Gasteiger partial charge in [-0.05, 0) is 19.4 Å². The van der Waals surface area contributed by atoms with Crippen LogP contribution in [0.2, 0.25) is 0 Å². The summed E-state index contributed by atoms with van der Waals surface area (Å²) in [5, 5.41) is 11.9. The van der Waals surface area contributed by atoms with E-state index in [1.165, 1.54) is 21.8 Å². The van der Waals surface area contributed by atoms with Gasteiger partial charge in [0.2, 0.25) is 11.2 Å². The molecule has 1 atom stereocenters. The summed E-state index contributed by atoms with van der Waals surface area (Å²) in [6.07, 6.45) is 5.32. The van der Waals surface area contributed by atoms with Crippen molar-refractivity contribution in [2.45, 2.75) is 19.4 Å². The number of benzene rings is 1. The predicted molar refractivity (Wildman–Crippen MR) is 101 cm³/mol. The molecule has 0 unspecified atom stereocenters. The largest absolute Gasteiger partial charge is 0.502 e. The van der Waals surface area contributed by atoms with Gasteiger partial charge in [-0.2, -0.15) is 4.39 Å². The molecule has 1 N–H and O–H groups in total. The van der Waals surface area contributed by atoms with Crippen molar-refractivity contribution in [1.82, 2.24) is 9.58 Å². The molecule has 0 saturated heterocycles. The lowest BCUT2D eigenvalue weighted by atomic mass is 10.1. The zero-order chi connectivity index (χ0) is 20.7. The lowest BCUT2D eigenvalue weighted by Gasteiger charge is -2.43. The van der Waals surface area contributed by atoms with Crippen molar-refractivity contribution in [3.8, 4) is 11.5 Å². The van der Waals surface area contributed by atoms with E-state index in [1.807, 2.05) is 0 Å². The first-order chi connectivity index (χ1) is 13.9. The van der Waals surface area contributed by atoms with Gasteiger partial charge in [-0.25, -0.2) is 4.39 Å². The standard InChI is InChI=1S/C20H19F2N3O4/c1-12-13-5-6-14(21)16(22)19(13)29-10-4-2-3-8-23-11-25(12)24-9-7-15(26)18(27)17(24)20(23)28/h2,4-7,9,12,27H,3,8,10-11H2,1H3/b4-2+/t12-/m0/s1. The molecule has 4 rings (SSSR count). The zero-order valence-corrected chi connectivity index (χ0v) is 15.6. The first-order valence-corrected chi connectivity index (χ1v) is 9.16. The Balaban J connectivity index is 1.92. The van der Waals surface area contributed by atoms with Crippen molar-refractivity contribution in [1.29, 1.82) is 0 Å². The number of carbonyl (C=O) groups excluding carboxylic acids is 1. The quantitative estimate of drug-likeness (QED) is 0.684. The number of carbonyl (C=O) groups is 1. The highest BCUT2D eigenvalue weighted by molar-refractivity contribution is 5.96. The monoisotopic (exact) mass is 403 g/mol. The Morgan fingerprint density at radius 2 is 1.97 bits per heavy atom. The Kier molecular flexibility index (Phi) is 4.73. The SMILES string of the molecule is C[C@H]1c2ccc(F)c(F)c2OC/C=C/CCN2CN1n1ccc(=O)c(O)c1C2=O. The van der Waals surface area contributed by atoms with Crippen LogP contribution in [-0.4, -0.2) is 40.4 Å². The van der Waals surface area contributed by atoms with E-state index in [0.717, 1.165) is 12.1 Å². The normalized spacial score (nSPS) is 20.1. The molecule has 2 aliphatic heterocycles. The van der Waals surface area contributed by atoms with Crippen molar-refractivity contribution in [2.24, 2.45) is 0 Å². The van der Waals surface area contributed by atoms with Crippen LogP contribution in [0.4, 0.5) is 8.78 Å². The number of fused-ring (bicyclic) bond motifs is 5. The van der Waals surface area contributed by atoms with Gasteiger partial charge < -0.3 is 14.7 Å². The summed E-state index contributed by atoms with van der Waals surface area (Å²) in [5.74, 6) is -3.45. The predicted octanol–water partition coefficient (Wildman–Crippen LogP) is 2.28. The van der Waals surface area contributed by atoms with Crippen LogP contribution in [-0.2, 0) is 0 Å². The van der Waals surface area contributed by atoms with E-state index in [2.05, 4.69) is 0 Å². The van der Waals surface area contributed by atoms with E-state index in [1.54, 1.807) is 24.1 Å². The van der Waals surface area contributed by atoms with E-state index >= 15 is 0 Å². The first kappa shape index (κ1) is 19.0. The summed E-state index contributed by atoms with van der Waals surface area (Å²) in [7, 11) is 0. The summed E-state index contributed by atoms with van der Waals surface area (Å²) in [4.78, 5) is 26.3. The number of halogens is 2. The topological polar surface area (TPSA) is 75.0 Å². The molecular weight excluding hydrogens is 384 g/mol. The van der Waals surface area contributed by atoms with E-state index in [9.17, 15) is 23.5 Å². The fourth-order valence-corrected chi connectivity index (χ4v) is 3.60. The number of rotatable bonds is 0. The lowest BCUT2D eigenvalue weighted by molar-refractivity contribution is 0.0680. The zero-order valence-electron chi connectivity index (χ0n) is 15.6. The maximum Gasteiger partial charge on any atom is 0.277 e. The highest BCUT2D eigenvalue weighted by Crippen LogP contribution is 2.34. The molecule has 2 bridgehead atoms. The first-order valence-electron chi connectivity index (χ1n) is 9.16. The summed E-state index contributed by atoms with van der Waals surface area (Å²) < 4.78 is 35.2. The van der Waals surface area contributed by atoms with E-state index in [-0.39, 0.29) is 24.7 Å². The molecule has 2 aliphatic rings. The Morgan fingerprint density at radius 3 is 2.76 bits per heavy atom. The fourth-order valence-electron chi connectivity index (χ4n) is 3.60. The number of pyridine rings is 1. The van der Waals surface area contributed by atoms with Gasteiger partial charge in [0.1, 0.15) is 13.3 Å². The van der Waals surface area contributed by atoms with Crippen molar-refractivity contribution in [3.63, 3.8) is 0 Å². The molecule has 1 amide bonds. The van der Waals surface area contributed by atoms with E-state index in [4.69, 9.17) is 4.74 Å². The number of amides is 1. The second-order valence-electron chi connectivity index (χ2n) is 6.90. The van der Waals surface area contributed by atoms with Crippen LogP contribution in [0.1, 0.15) is 35.4 Å². The third-order valence-corrected chi connectivity index (χ3v) is 5.17. The van der Waals surface area contributed by atoms with Gasteiger partial charge >= 0.3 is 0 Å². The summed E-state index contributed by atoms with van der Waals surface area (Å²) in [6, 6.07) is 3.03. The molecule has 0 aliphatic carbocycles. The minimum absolute atomic E-state index is 0.0537. The van der Waals surface area contributed by atoms with Gasteiger partial charge in [0.15, 0.2) is 23.0 Å². The molecule has 0 saturated carbocycles. The van der Waals surface area contributed by atoms with Crippen LogP contribution in [0, 0.1) is 11.6 Å². The Morgan fingerprint density at radius 1 is 1.17 bits per heavy atom. The van der Waals surface area contributed by atoms with Crippen molar-refractivity contribution in [2.75, 3.05) is 24.8 Å². The molecule has 3 heterocycles. The van der Waals surface area contributed by atoms with Gasteiger partial charge in [0.25, 0.3) is 5.91 Å². The number of hydrogen-bond acceptors (Lipinski definition) is 5. The maximum absolute atomic E-state index is 14.5. The van der Waals surface area contributed by atoms with E-state index in [0.29, 0.717) is 18.5 Å². The lowest BCUT2D eigenvalue weighted by Crippen LogP contribution is -2.55. The van der Waals surface area contributed by atoms with Crippen LogP contribution in [0.15, 0.2) is 41.3 Å². The number of nitrogens with zero attached hydrogens (tertiary/aromatic N) is 3. The Bertz CT molecular complexity index is 1070. The second kappa shape index (κ2) is 7.23. The molecule has 29 heavy (non-hydrogen) atoms. The van der Waals surface area contributed by atoms with Crippen molar-refractivity contribution >= 4 is 5.91 Å².